The van der Waals surface area contributed by atoms with E-state index in [4.69, 9.17) is 4.52 Å². The van der Waals surface area contributed by atoms with Gasteiger partial charge in [0.25, 0.3) is 5.89 Å². The van der Waals surface area contributed by atoms with E-state index in [0.717, 1.165) is 52.1 Å². The lowest BCUT2D eigenvalue weighted by molar-refractivity contribution is 0.190. The number of aromatic nitrogens is 3. The number of piperazine rings is 1. The van der Waals surface area contributed by atoms with Gasteiger partial charge in [-0.2, -0.15) is 4.98 Å². The number of halogens is 1. The molecular weight excluding hydrogens is 370 g/mol. The van der Waals surface area contributed by atoms with E-state index < -0.39 is 0 Å². The highest BCUT2D eigenvalue weighted by Crippen LogP contribution is 2.30. The van der Waals surface area contributed by atoms with Crippen molar-refractivity contribution in [3.63, 3.8) is 0 Å². The Labute approximate surface area is 148 Å². The van der Waals surface area contributed by atoms with Crippen molar-refractivity contribution >= 4 is 26.8 Å². The van der Waals surface area contributed by atoms with Gasteiger partial charge >= 0.3 is 0 Å². The topological polar surface area (TPSA) is 67.1 Å². The number of hydrogen-bond acceptors (Lipinski definition) is 6. The Kier molecular flexibility index (Phi) is 4.07. The molecule has 0 aliphatic carbocycles. The summed E-state index contributed by atoms with van der Waals surface area (Å²) in [5.74, 6) is 1.26. The number of hydrogen-bond donors (Lipinski definition) is 1. The summed E-state index contributed by atoms with van der Waals surface area (Å²) in [4.78, 5) is 11.5. The molecule has 0 amide bonds. The lowest BCUT2D eigenvalue weighted by atomic mass is 10.1. The average molecular weight is 388 g/mol. The second-order valence-electron chi connectivity index (χ2n) is 6.13. The van der Waals surface area contributed by atoms with Crippen LogP contribution in [-0.4, -0.2) is 46.7 Å². The lowest BCUT2D eigenvalue weighted by Gasteiger charge is -2.30. The molecule has 6 nitrogen and oxygen atoms in total. The van der Waals surface area contributed by atoms with E-state index in [1.54, 1.807) is 0 Å². The van der Waals surface area contributed by atoms with E-state index in [2.05, 4.69) is 48.3 Å². The summed E-state index contributed by atoms with van der Waals surface area (Å²) < 4.78 is 6.59. The van der Waals surface area contributed by atoms with Crippen LogP contribution >= 0.6 is 15.9 Å². The van der Waals surface area contributed by atoms with Gasteiger partial charge < -0.3 is 9.84 Å². The fourth-order valence-corrected chi connectivity index (χ4v) is 3.44. The van der Waals surface area contributed by atoms with Gasteiger partial charge in [-0.25, -0.2) is 0 Å². The molecule has 24 heavy (non-hydrogen) atoms. The van der Waals surface area contributed by atoms with Crippen LogP contribution in [0.4, 0.5) is 0 Å². The number of fused-ring (bicyclic) bond motifs is 1. The molecule has 124 valence electrons. The highest BCUT2D eigenvalue weighted by Gasteiger charge is 2.26. The molecule has 1 saturated heterocycles. The van der Waals surface area contributed by atoms with Gasteiger partial charge in [0, 0.05) is 35.2 Å². The lowest BCUT2D eigenvalue weighted by Crippen LogP contribution is -2.44. The fraction of sp³-hybridized carbons (Fsp3) is 0.353. The second-order valence-corrected chi connectivity index (χ2v) is 7.05. The van der Waals surface area contributed by atoms with Crippen LogP contribution in [0.5, 0.6) is 0 Å². The molecule has 0 spiro atoms. The summed E-state index contributed by atoms with van der Waals surface area (Å²) in [7, 11) is 2.09. The van der Waals surface area contributed by atoms with E-state index in [9.17, 15) is 0 Å². The van der Waals surface area contributed by atoms with Gasteiger partial charge in [0.1, 0.15) is 0 Å². The zero-order chi connectivity index (χ0) is 16.7. The number of likely N-dealkylation sites (N-methyl/N-ethyl adjacent to an activating group) is 1. The molecular formula is C17H18BrN5O. The first-order valence-corrected chi connectivity index (χ1v) is 8.73. The molecule has 1 fully saturated rings. The molecule has 7 heteroatoms. The molecule has 1 aliphatic rings. The second kappa shape index (κ2) is 6.23. The number of benzene rings is 1. The maximum absolute atomic E-state index is 5.60. The summed E-state index contributed by atoms with van der Waals surface area (Å²) in [6.07, 6.45) is 0. The van der Waals surface area contributed by atoms with Crippen molar-refractivity contribution in [1.82, 2.24) is 25.3 Å². The Bertz CT molecular complexity index is 894. The molecule has 1 unspecified atom stereocenters. The van der Waals surface area contributed by atoms with Crippen molar-refractivity contribution in [1.29, 1.82) is 0 Å². The minimum Gasteiger partial charge on any atom is -0.334 e. The largest absolute Gasteiger partial charge is 0.334 e. The summed E-state index contributed by atoms with van der Waals surface area (Å²) in [5.41, 5.74) is 2.77. The van der Waals surface area contributed by atoms with Crippen LogP contribution in [0.25, 0.3) is 22.4 Å². The van der Waals surface area contributed by atoms with Crippen molar-refractivity contribution in [2.45, 2.75) is 13.0 Å². The first-order chi connectivity index (χ1) is 11.6. The van der Waals surface area contributed by atoms with Gasteiger partial charge in [-0.15, -0.1) is 0 Å². The van der Waals surface area contributed by atoms with Crippen molar-refractivity contribution in [3.8, 4) is 11.5 Å². The van der Waals surface area contributed by atoms with Crippen LogP contribution in [0.15, 0.2) is 33.3 Å². The zero-order valence-corrected chi connectivity index (χ0v) is 15.2. The smallest absolute Gasteiger partial charge is 0.258 e. The Balaban J connectivity index is 1.79. The Morgan fingerprint density at radius 1 is 1.29 bits per heavy atom. The minimum absolute atomic E-state index is 0.136. The van der Waals surface area contributed by atoms with Crippen molar-refractivity contribution < 1.29 is 4.52 Å². The van der Waals surface area contributed by atoms with Gasteiger partial charge in [0.15, 0.2) is 5.82 Å². The highest BCUT2D eigenvalue weighted by atomic mass is 79.9. The van der Waals surface area contributed by atoms with Gasteiger partial charge in [-0.05, 0) is 38.2 Å². The molecule has 4 rings (SSSR count). The molecule has 2 aromatic heterocycles. The van der Waals surface area contributed by atoms with E-state index in [-0.39, 0.29) is 6.04 Å². The van der Waals surface area contributed by atoms with E-state index in [0.29, 0.717) is 5.89 Å². The fourth-order valence-electron chi connectivity index (χ4n) is 3.08. The number of rotatable bonds is 2. The first-order valence-electron chi connectivity index (χ1n) is 7.93. The third-order valence-electron chi connectivity index (χ3n) is 4.38. The Morgan fingerprint density at radius 3 is 3.00 bits per heavy atom. The van der Waals surface area contributed by atoms with Gasteiger partial charge in [-0.1, -0.05) is 21.1 Å². The molecule has 0 saturated carbocycles. The van der Waals surface area contributed by atoms with E-state index in [1.165, 1.54) is 0 Å². The van der Waals surface area contributed by atoms with Crippen LogP contribution in [0, 0.1) is 6.92 Å². The molecule has 3 heterocycles. The average Bonchev–Trinajstić information content (AvgIpc) is 3.04. The maximum Gasteiger partial charge on any atom is 0.258 e. The quantitative estimate of drug-likeness (QED) is 0.728. The van der Waals surface area contributed by atoms with Crippen LogP contribution in [0.1, 0.15) is 17.6 Å². The van der Waals surface area contributed by atoms with Crippen molar-refractivity contribution in [2.24, 2.45) is 0 Å². The SMILES string of the molecule is Cc1cc(-c2nc(C3CNCCN3C)no2)c2cc(Br)ccc2n1. The van der Waals surface area contributed by atoms with Gasteiger partial charge in [0.05, 0.1) is 17.1 Å². The molecule has 1 aromatic carbocycles. The summed E-state index contributed by atoms with van der Waals surface area (Å²) >= 11 is 3.52. The number of nitrogens with one attached hydrogen (secondary N) is 1. The van der Waals surface area contributed by atoms with E-state index >= 15 is 0 Å². The Hall–Kier alpha value is -1.83. The normalized spacial score (nSPS) is 19.0. The monoisotopic (exact) mass is 387 g/mol. The third-order valence-corrected chi connectivity index (χ3v) is 4.87. The molecule has 0 radical (unpaired) electrons. The molecule has 0 bridgehead atoms. The van der Waals surface area contributed by atoms with E-state index in [1.807, 2.05) is 31.2 Å². The number of aryl methyl sites for hydroxylation is 1. The third kappa shape index (κ3) is 2.83. The minimum atomic E-state index is 0.136. The Morgan fingerprint density at radius 2 is 2.17 bits per heavy atom. The van der Waals surface area contributed by atoms with Crippen LogP contribution in [-0.2, 0) is 0 Å². The molecule has 1 aliphatic heterocycles. The first kappa shape index (κ1) is 15.7. The molecule has 1 N–H and O–H groups in total. The van der Waals surface area contributed by atoms with Gasteiger partial charge in [0.2, 0.25) is 0 Å². The number of nitrogens with zero attached hydrogens (tertiary/aromatic N) is 4. The standard InChI is InChI=1S/C17H18BrN5O/c1-10-7-13(12-8-11(18)3-4-14(12)20-10)17-21-16(22-24-17)15-9-19-5-6-23(15)2/h3-4,7-8,15,19H,5-6,9H2,1-2H3. The summed E-state index contributed by atoms with van der Waals surface area (Å²) in [5, 5.41) is 8.61. The maximum atomic E-state index is 5.60. The predicted octanol–water partition coefficient (Wildman–Crippen LogP) is 2.93. The van der Waals surface area contributed by atoms with Crippen molar-refractivity contribution in [3.05, 3.63) is 40.3 Å². The van der Waals surface area contributed by atoms with Crippen LogP contribution < -0.4 is 5.32 Å². The summed E-state index contributed by atoms with van der Waals surface area (Å²) in [6, 6.07) is 8.15. The van der Waals surface area contributed by atoms with Crippen molar-refractivity contribution in [2.75, 3.05) is 26.7 Å². The number of pyridine rings is 1. The van der Waals surface area contributed by atoms with Gasteiger partial charge in [-0.3, -0.25) is 9.88 Å². The highest BCUT2D eigenvalue weighted by molar-refractivity contribution is 9.10. The van der Waals surface area contributed by atoms with Crippen LogP contribution in [0.3, 0.4) is 0 Å². The molecule has 3 aromatic rings. The summed E-state index contributed by atoms with van der Waals surface area (Å²) in [6.45, 7) is 4.76. The molecule has 1 atom stereocenters. The van der Waals surface area contributed by atoms with Crippen LogP contribution in [0.2, 0.25) is 0 Å². The zero-order valence-electron chi connectivity index (χ0n) is 13.6. The predicted molar refractivity (Wildman–Crippen MR) is 95.7 cm³/mol.